The summed E-state index contributed by atoms with van der Waals surface area (Å²) in [6.07, 6.45) is 4.00. The molecule has 23 heavy (non-hydrogen) atoms. The van der Waals surface area contributed by atoms with Gasteiger partial charge in [0, 0.05) is 12.5 Å². The monoisotopic (exact) mass is 338 g/mol. The van der Waals surface area contributed by atoms with E-state index in [9.17, 15) is 4.79 Å². The van der Waals surface area contributed by atoms with E-state index in [0.717, 1.165) is 13.0 Å². The summed E-state index contributed by atoms with van der Waals surface area (Å²) in [4.78, 5) is 12.1. The number of amides is 1. The Labute approximate surface area is 147 Å². The van der Waals surface area contributed by atoms with Gasteiger partial charge in [-0.25, -0.2) is 0 Å². The van der Waals surface area contributed by atoms with Crippen molar-refractivity contribution in [3.05, 3.63) is 35.4 Å². The number of nitrogens with one attached hydrogen (secondary N) is 2. The van der Waals surface area contributed by atoms with Crippen LogP contribution in [0.3, 0.4) is 0 Å². The number of halogens is 1. The molecule has 2 atom stereocenters. The van der Waals surface area contributed by atoms with Crippen LogP contribution in [-0.4, -0.2) is 18.5 Å². The van der Waals surface area contributed by atoms with Gasteiger partial charge in [-0.2, -0.15) is 0 Å². The molecule has 1 aromatic carbocycles. The van der Waals surface area contributed by atoms with Crippen LogP contribution in [0.4, 0.5) is 0 Å². The first-order valence-corrected chi connectivity index (χ1v) is 8.49. The van der Waals surface area contributed by atoms with E-state index in [2.05, 4.69) is 62.6 Å². The van der Waals surface area contributed by atoms with E-state index in [-0.39, 0.29) is 29.8 Å². The van der Waals surface area contributed by atoms with E-state index in [1.807, 2.05) is 0 Å². The van der Waals surface area contributed by atoms with Crippen LogP contribution in [0.2, 0.25) is 0 Å². The van der Waals surface area contributed by atoms with Crippen LogP contribution in [-0.2, 0) is 10.2 Å². The summed E-state index contributed by atoms with van der Waals surface area (Å²) in [5.74, 6) is 0.154. The maximum absolute atomic E-state index is 12.1. The van der Waals surface area contributed by atoms with Crippen LogP contribution in [0.1, 0.15) is 70.5 Å². The molecule has 1 aromatic rings. The quantitative estimate of drug-likeness (QED) is 0.848. The average molecular weight is 339 g/mol. The predicted octanol–water partition coefficient (Wildman–Crippen LogP) is 4.12. The van der Waals surface area contributed by atoms with Gasteiger partial charge < -0.3 is 10.6 Å². The number of carbonyl (C=O) groups excluding carboxylic acids is 1. The molecule has 0 saturated carbocycles. The van der Waals surface area contributed by atoms with Gasteiger partial charge in [0.05, 0.1) is 6.04 Å². The number of carbonyl (C=O) groups is 1. The summed E-state index contributed by atoms with van der Waals surface area (Å²) in [6.45, 7) is 9.79. The van der Waals surface area contributed by atoms with Crippen LogP contribution in [0.15, 0.2) is 24.3 Å². The van der Waals surface area contributed by atoms with Gasteiger partial charge in [-0.1, -0.05) is 45.0 Å². The Morgan fingerprint density at radius 2 is 1.96 bits per heavy atom. The maximum atomic E-state index is 12.1. The first-order chi connectivity index (χ1) is 10.4. The van der Waals surface area contributed by atoms with E-state index in [0.29, 0.717) is 12.5 Å². The zero-order chi connectivity index (χ0) is 16.2. The van der Waals surface area contributed by atoms with Crippen molar-refractivity contribution >= 4 is 18.3 Å². The lowest BCUT2D eigenvalue weighted by Gasteiger charge is -2.21. The van der Waals surface area contributed by atoms with Gasteiger partial charge in [0.15, 0.2) is 0 Å². The Bertz CT molecular complexity index is 487. The minimum Gasteiger partial charge on any atom is -0.350 e. The fourth-order valence-electron chi connectivity index (χ4n) is 2.98. The van der Waals surface area contributed by atoms with Crippen molar-refractivity contribution in [3.8, 4) is 0 Å². The topological polar surface area (TPSA) is 41.1 Å². The molecule has 2 N–H and O–H groups in total. The zero-order valence-electron chi connectivity index (χ0n) is 14.8. The van der Waals surface area contributed by atoms with Gasteiger partial charge in [-0.3, -0.25) is 4.79 Å². The minimum atomic E-state index is 0. The van der Waals surface area contributed by atoms with E-state index in [1.165, 1.54) is 24.0 Å². The van der Waals surface area contributed by atoms with Crippen molar-refractivity contribution in [1.29, 1.82) is 0 Å². The SMILES string of the molecule is CC(NC(=O)CCC1CCCN1)c1ccc(C(C)(C)C)cc1.Cl. The zero-order valence-corrected chi connectivity index (χ0v) is 15.6. The van der Waals surface area contributed by atoms with Crippen molar-refractivity contribution < 1.29 is 4.79 Å². The number of benzene rings is 1. The van der Waals surface area contributed by atoms with Crippen LogP contribution in [0.25, 0.3) is 0 Å². The second kappa shape index (κ2) is 8.70. The van der Waals surface area contributed by atoms with Crippen molar-refractivity contribution in [3.63, 3.8) is 0 Å². The fourth-order valence-corrected chi connectivity index (χ4v) is 2.98. The van der Waals surface area contributed by atoms with Crippen molar-refractivity contribution in [1.82, 2.24) is 10.6 Å². The first kappa shape index (κ1) is 20.0. The molecule has 0 radical (unpaired) electrons. The van der Waals surface area contributed by atoms with Crippen LogP contribution < -0.4 is 10.6 Å². The summed E-state index contributed by atoms with van der Waals surface area (Å²) in [5, 5.41) is 6.55. The molecule has 0 bridgehead atoms. The molecule has 1 amide bonds. The highest BCUT2D eigenvalue weighted by Gasteiger charge is 2.17. The van der Waals surface area contributed by atoms with Crippen LogP contribution in [0, 0.1) is 0 Å². The summed E-state index contributed by atoms with van der Waals surface area (Å²) in [6, 6.07) is 9.19. The molecule has 1 heterocycles. The van der Waals surface area contributed by atoms with Crippen molar-refractivity contribution in [2.45, 2.75) is 70.9 Å². The summed E-state index contributed by atoms with van der Waals surface area (Å²) >= 11 is 0. The molecule has 1 fully saturated rings. The van der Waals surface area contributed by atoms with Gasteiger partial charge in [0.25, 0.3) is 0 Å². The Balaban J connectivity index is 0.00000264. The Morgan fingerprint density at radius 1 is 1.30 bits per heavy atom. The third-order valence-corrected chi connectivity index (χ3v) is 4.54. The third-order valence-electron chi connectivity index (χ3n) is 4.54. The van der Waals surface area contributed by atoms with E-state index in [4.69, 9.17) is 0 Å². The number of hydrogen-bond acceptors (Lipinski definition) is 2. The molecule has 0 aromatic heterocycles. The number of rotatable bonds is 5. The average Bonchev–Trinajstić information content (AvgIpc) is 2.97. The molecule has 2 unspecified atom stereocenters. The Kier molecular flexibility index (Phi) is 7.56. The van der Waals surface area contributed by atoms with Gasteiger partial charge in [-0.15, -0.1) is 12.4 Å². The maximum Gasteiger partial charge on any atom is 0.220 e. The second-order valence-corrected chi connectivity index (χ2v) is 7.49. The lowest BCUT2D eigenvalue weighted by molar-refractivity contribution is -0.121. The largest absolute Gasteiger partial charge is 0.350 e. The van der Waals surface area contributed by atoms with Gasteiger partial charge >= 0.3 is 0 Å². The summed E-state index contributed by atoms with van der Waals surface area (Å²) in [5.41, 5.74) is 2.65. The molecule has 0 aliphatic carbocycles. The fraction of sp³-hybridized carbons (Fsp3) is 0.632. The summed E-state index contributed by atoms with van der Waals surface area (Å²) in [7, 11) is 0. The molecule has 3 nitrogen and oxygen atoms in total. The molecular weight excluding hydrogens is 308 g/mol. The predicted molar refractivity (Wildman–Crippen MR) is 99.2 cm³/mol. The van der Waals surface area contributed by atoms with Gasteiger partial charge in [-0.05, 0) is 49.3 Å². The Hall–Kier alpha value is -1.06. The van der Waals surface area contributed by atoms with Crippen molar-refractivity contribution in [2.24, 2.45) is 0 Å². The van der Waals surface area contributed by atoms with E-state index < -0.39 is 0 Å². The molecule has 0 spiro atoms. The summed E-state index contributed by atoms with van der Waals surface area (Å²) < 4.78 is 0. The normalized spacial score (nSPS) is 19.0. The molecule has 2 rings (SSSR count). The van der Waals surface area contributed by atoms with E-state index >= 15 is 0 Å². The first-order valence-electron chi connectivity index (χ1n) is 8.49. The van der Waals surface area contributed by atoms with Gasteiger partial charge in [0.2, 0.25) is 5.91 Å². The van der Waals surface area contributed by atoms with Crippen LogP contribution >= 0.6 is 12.4 Å². The molecule has 4 heteroatoms. The Morgan fingerprint density at radius 3 is 2.48 bits per heavy atom. The van der Waals surface area contributed by atoms with Crippen LogP contribution in [0.5, 0.6) is 0 Å². The number of hydrogen-bond donors (Lipinski definition) is 2. The molecular formula is C19H31ClN2O. The second-order valence-electron chi connectivity index (χ2n) is 7.49. The minimum absolute atomic E-state index is 0. The van der Waals surface area contributed by atoms with E-state index in [1.54, 1.807) is 0 Å². The lowest BCUT2D eigenvalue weighted by Crippen LogP contribution is -2.29. The van der Waals surface area contributed by atoms with Crippen molar-refractivity contribution in [2.75, 3.05) is 6.54 Å². The molecule has 1 saturated heterocycles. The molecule has 1 aliphatic rings. The lowest BCUT2D eigenvalue weighted by atomic mass is 9.86. The highest BCUT2D eigenvalue weighted by molar-refractivity contribution is 5.85. The molecule has 1 aliphatic heterocycles. The highest BCUT2D eigenvalue weighted by atomic mass is 35.5. The standard InChI is InChI=1S/C19H30N2O.ClH/c1-14(15-7-9-16(10-8-15)19(2,3)4)21-18(22)12-11-17-6-5-13-20-17;/h7-10,14,17,20H,5-6,11-13H2,1-4H3,(H,21,22);1H. The van der Waals surface area contributed by atoms with Gasteiger partial charge in [0.1, 0.15) is 0 Å². The molecule has 130 valence electrons. The highest BCUT2D eigenvalue weighted by Crippen LogP contribution is 2.24. The smallest absolute Gasteiger partial charge is 0.220 e. The third kappa shape index (κ3) is 6.15.